The van der Waals surface area contributed by atoms with Crippen LogP contribution in [0, 0.1) is 17.7 Å². The van der Waals surface area contributed by atoms with Crippen molar-refractivity contribution in [2.24, 2.45) is 11.8 Å². The zero-order valence-electron chi connectivity index (χ0n) is 18.7. The number of thioether (sulfide) groups is 1. The first kappa shape index (κ1) is 22.7. The minimum absolute atomic E-state index is 0.0781. The molecule has 0 aromatic heterocycles. The van der Waals surface area contributed by atoms with Gasteiger partial charge in [-0.3, -0.25) is 19.3 Å². The van der Waals surface area contributed by atoms with E-state index in [0.29, 0.717) is 50.5 Å². The molecule has 2 heterocycles. The van der Waals surface area contributed by atoms with Gasteiger partial charge in [0.05, 0.1) is 23.3 Å². The van der Waals surface area contributed by atoms with Crippen molar-refractivity contribution >= 4 is 40.9 Å². The van der Waals surface area contributed by atoms with Gasteiger partial charge in [-0.05, 0) is 61.4 Å². The van der Waals surface area contributed by atoms with E-state index in [0.717, 1.165) is 10.6 Å². The molecule has 0 bridgehead atoms. The van der Waals surface area contributed by atoms with Crippen molar-refractivity contribution < 1.29 is 18.8 Å². The Morgan fingerprint density at radius 2 is 1.38 bits per heavy atom. The predicted molar refractivity (Wildman–Crippen MR) is 130 cm³/mol. The van der Waals surface area contributed by atoms with Gasteiger partial charge in [-0.1, -0.05) is 12.2 Å². The number of piperazine rings is 1. The lowest BCUT2D eigenvalue weighted by Gasteiger charge is -2.36. The first-order valence-electron chi connectivity index (χ1n) is 11.6. The van der Waals surface area contributed by atoms with Crippen molar-refractivity contribution in [1.82, 2.24) is 4.90 Å². The van der Waals surface area contributed by atoms with Crippen molar-refractivity contribution in [1.29, 1.82) is 0 Å². The number of carbonyl (C=O) groups excluding carboxylic acids is 3. The van der Waals surface area contributed by atoms with Crippen molar-refractivity contribution in [2.75, 3.05) is 41.7 Å². The standard InChI is InChI=1S/C26H26FN3O3S/c27-18-5-7-19(8-6-18)28-13-15-29(16-14-28)24(31)17-34-21-11-9-20(10-12-21)30-25(32)22-3-1-2-4-23(22)26(30)33/h1-2,5-12,22-23H,3-4,13-17H2/t22-,23-/m0/s1. The molecular weight excluding hydrogens is 453 g/mol. The highest BCUT2D eigenvalue weighted by molar-refractivity contribution is 8.00. The normalized spacial score (nSPS) is 22.3. The molecule has 0 N–H and O–H groups in total. The van der Waals surface area contributed by atoms with Crippen LogP contribution in [0.15, 0.2) is 65.6 Å². The second-order valence-corrected chi connectivity index (χ2v) is 9.84. The Hall–Kier alpha value is -3.13. The van der Waals surface area contributed by atoms with Gasteiger partial charge in [-0.15, -0.1) is 11.8 Å². The van der Waals surface area contributed by atoms with E-state index in [1.54, 1.807) is 24.3 Å². The Bertz CT molecular complexity index is 1090. The fourth-order valence-electron chi connectivity index (χ4n) is 4.85. The second-order valence-electron chi connectivity index (χ2n) is 8.79. The van der Waals surface area contributed by atoms with Crippen LogP contribution >= 0.6 is 11.8 Å². The summed E-state index contributed by atoms with van der Waals surface area (Å²) in [5, 5.41) is 0. The number of carbonyl (C=O) groups is 3. The van der Waals surface area contributed by atoms with Gasteiger partial charge in [-0.2, -0.15) is 0 Å². The Balaban J connectivity index is 1.13. The topological polar surface area (TPSA) is 60.9 Å². The molecule has 3 amide bonds. The average Bonchev–Trinajstić information content (AvgIpc) is 3.13. The lowest BCUT2D eigenvalue weighted by atomic mass is 9.85. The monoisotopic (exact) mass is 479 g/mol. The van der Waals surface area contributed by atoms with Crippen molar-refractivity contribution in [3.8, 4) is 0 Å². The SMILES string of the molecule is O=C(CSc1ccc(N2C(=O)[C@H]3CC=CC[C@@H]3C2=O)cc1)N1CCN(c2ccc(F)cc2)CC1. The highest BCUT2D eigenvalue weighted by Crippen LogP contribution is 2.38. The Labute approximate surface area is 202 Å². The van der Waals surface area contributed by atoms with Crippen molar-refractivity contribution in [3.63, 3.8) is 0 Å². The number of benzene rings is 2. The third-order valence-electron chi connectivity index (χ3n) is 6.79. The minimum atomic E-state index is -0.253. The van der Waals surface area contributed by atoms with Gasteiger partial charge in [0.1, 0.15) is 5.82 Å². The molecule has 0 saturated carbocycles. The van der Waals surface area contributed by atoms with E-state index in [-0.39, 0.29) is 35.4 Å². The molecule has 0 radical (unpaired) electrons. The van der Waals surface area contributed by atoms with E-state index in [1.807, 2.05) is 29.2 Å². The number of imide groups is 1. The van der Waals surface area contributed by atoms with Gasteiger partial charge in [0.15, 0.2) is 0 Å². The zero-order valence-corrected chi connectivity index (χ0v) is 19.5. The van der Waals surface area contributed by atoms with Crippen LogP contribution in [0.1, 0.15) is 12.8 Å². The van der Waals surface area contributed by atoms with E-state index >= 15 is 0 Å². The molecule has 1 aliphatic carbocycles. The summed E-state index contributed by atoms with van der Waals surface area (Å²) >= 11 is 1.45. The van der Waals surface area contributed by atoms with Crippen LogP contribution in [0.4, 0.5) is 15.8 Å². The van der Waals surface area contributed by atoms with Crippen LogP contribution in [0.5, 0.6) is 0 Å². The van der Waals surface area contributed by atoms with Crippen molar-refractivity contribution in [2.45, 2.75) is 17.7 Å². The molecule has 3 aliphatic rings. The molecule has 2 aliphatic heterocycles. The van der Waals surface area contributed by atoms with Gasteiger partial charge in [0.25, 0.3) is 0 Å². The third-order valence-corrected chi connectivity index (χ3v) is 7.79. The molecule has 2 aromatic rings. The van der Waals surface area contributed by atoms with Crippen LogP contribution in [-0.2, 0) is 14.4 Å². The summed E-state index contributed by atoms with van der Waals surface area (Å²) < 4.78 is 13.1. The summed E-state index contributed by atoms with van der Waals surface area (Å²) in [7, 11) is 0. The quantitative estimate of drug-likeness (QED) is 0.372. The van der Waals surface area contributed by atoms with E-state index < -0.39 is 0 Å². The van der Waals surface area contributed by atoms with Gasteiger partial charge in [0, 0.05) is 36.8 Å². The number of anilines is 2. The van der Waals surface area contributed by atoms with Crippen LogP contribution in [0.25, 0.3) is 0 Å². The molecule has 2 saturated heterocycles. The second kappa shape index (κ2) is 9.62. The number of fused-ring (bicyclic) bond motifs is 1. The van der Waals surface area contributed by atoms with E-state index in [1.165, 1.54) is 28.8 Å². The van der Waals surface area contributed by atoms with Crippen LogP contribution in [-0.4, -0.2) is 54.6 Å². The summed E-state index contributed by atoms with van der Waals surface area (Å²) in [6, 6.07) is 13.7. The van der Waals surface area contributed by atoms with Crippen LogP contribution in [0.2, 0.25) is 0 Å². The van der Waals surface area contributed by atoms with Crippen molar-refractivity contribution in [3.05, 3.63) is 66.5 Å². The number of allylic oxidation sites excluding steroid dienone is 2. The van der Waals surface area contributed by atoms with Crippen LogP contribution < -0.4 is 9.80 Å². The molecule has 2 fully saturated rings. The number of rotatable bonds is 5. The molecule has 176 valence electrons. The Morgan fingerprint density at radius 1 is 0.824 bits per heavy atom. The maximum absolute atomic E-state index is 13.1. The third kappa shape index (κ3) is 4.46. The first-order chi connectivity index (χ1) is 16.5. The summed E-state index contributed by atoms with van der Waals surface area (Å²) in [5.41, 5.74) is 1.56. The molecule has 6 nitrogen and oxygen atoms in total. The molecule has 0 unspecified atom stereocenters. The average molecular weight is 480 g/mol. The molecule has 8 heteroatoms. The van der Waals surface area contributed by atoms with Gasteiger partial charge < -0.3 is 9.80 Å². The molecular formula is C26H26FN3O3S. The molecule has 34 heavy (non-hydrogen) atoms. The molecule has 2 aromatic carbocycles. The summed E-state index contributed by atoms with van der Waals surface area (Å²) in [6.45, 7) is 2.69. The molecule has 5 rings (SSSR count). The van der Waals surface area contributed by atoms with E-state index in [2.05, 4.69) is 4.90 Å². The predicted octanol–water partition coefficient (Wildman–Crippen LogP) is 3.72. The number of hydrogen-bond acceptors (Lipinski definition) is 5. The van der Waals surface area contributed by atoms with Gasteiger partial charge >= 0.3 is 0 Å². The Morgan fingerprint density at radius 3 is 1.97 bits per heavy atom. The summed E-state index contributed by atoms with van der Waals surface area (Å²) in [4.78, 5) is 44.5. The first-order valence-corrected chi connectivity index (χ1v) is 12.5. The molecule has 0 spiro atoms. The number of amides is 3. The number of nitrogens with zero attached hydrogens (tertiary/aromatic N) is 3. The zero-order chi connectivity index (χ0) is 23.7. The largest absolute Gasteiger partial charge is 0.368 e. The number of halogens is 1. The summed E-state index contributed by atoms with van der Waals surface area (Å²) in [6.07, 6.45) is 5.21. The van der Waals surface area contributed by atoms with Gasteiger partial charge in [0.2, 0.25) is 17.7 Å². The minimum Gasteiger partial charge on any atom is -0.368 e. The molecule has 2 atom stereocenters. The fourth-order valence-corrected chi connectivity index (χ4v) is 5.65. The maximum atomic E-state index is 13.1. The summed E-state index contributed by atoms with van der Waals surface area (Å²) in [5.74, 6) is -0.566. The highest BCUT2D eigenvalue weighted by atomic mass is 32.2. The Kier molecular flexibility index (Phi) is 6.41. The highest BCUT2D eigenvalue weighted by Gasteiger charge is 2.47. The smallest absolute Gasteiger partial charge is 0.238 e. The van der Waals surface area contributed by atoms with Crippen LogP contribution in [0.3, 0.4) is 0 Å². The van der Waals surface area contributed by atoms with E-state index in [9.17, 15) is 18.8 Å². The van der Waals surface area contributed by atoms with Gasteiger partial charge in [-0.25, -0.2) is 4.39 Å². The maximum Gasteiger partial charge on any atom is 0.238 e. The lowest BCUT2D eigenvalue weighted by Crippen LogP contribution is -2.49. The van der Waals surface area contributed by atoms with E-state index in [4.69, 9.17) is 0 Å². The lowest BCUT2D eigenvalue weighted by molar-refractivity contribution is -0.128. The number of hydrogen-bond donors (Lipinski definition) is 0. The fraction of sp³-hybridized carbons (Fsp3) is 0.346.